The molecule has 0 unspecified atom stereocenters. The maximum atomic E-state index is 13.1. The van der Waals surface area contributed by atoms with Gasteiger partial charge in [0.1, 0.15) is 24.4 Å². The Bertz CT molecular complexity index is 1080. The summed E-state index contributed by atoms with van der Waals surface area (Å²) in [5.74, 6) is 2.08. The molecule has 2 aliphatic rings. The highest BCUT2D eigenvalue weighted by Crippen LogP contribution is 2.37. The van der Waals surface area contributed by atoms with Gasteiger partial charge < -0.3 is 4.74 Å². The highest BCUT2D eigenvalue weighted by molar-refractivity contribution is 6.30. The number of hydrogen-bond donors (Lipinski definition) is 0. The first-order valence-electron chi connectivity index (χ1n) is 10.9. The van der Waals surface area contributed by atoms with Crippen molar-refractivity contribution in [3.05, 3.63) is 64.6 Å². The predicted octanol–water partition coefficient (Wildman–Crippen LogP) is 4.85. The number of nitrogens with zero attached hydrogens (tertiary/aromatic N) is 5. The van der Waals surface area contributed by atoms with Crippen LogP contribution in [0.3, 0.4) is 0 Å². The molecule has 1 aliphatic heterocycles. The van der Waals surface area contributed by atoms with Gasteiger partial charge in [0.05, 0.1) is 18.4 Å². The lowest BCUT2D eigenvalue weighted by Crippen LogP contribution is -2.25. The van der Waals surface area contributed by atoms with Crippen molar-refractivity contribution in [2.45, 2.75) is 50.8 Å². The zero-order chi connectivity index (χ0) is 22.1. The largest absolute Gasteiger partial charge is 0.474 e. The summed E-state index contributed by atoms with van der Waals surface area (Å²) in [6.07, 6.45) is 4.73. The van der Waals surface area contributed by atoms with Crippen molar-refractivity contribution in [2.75, 3.05) is 13.2 Å². The second kappa shape index (κ2) is 9.11. The normalized spacial score (nSPS) is 21.0. The van der Waals surface area contributed by atoms with Gasteiger partial charge in [-0.25, -0.2) is 13.8 Å². The number of fused-ring (bicyclic) bond motifs is 3. The second-order valence-corrected chi connectivity index (χ2v) is 8.83. The molecule has 9 heteroatoms. The van der Waals surface area contributed by atoms with Gasteiger partial charge >= 0.3 is 0 Å². The summed E-state index contributed by atoms with van der Waals surface area (Å²) in [5.41, 5.74) is 2.06. The van der Waals surface area contributed by atoms with Crippen LogP contribution in [0.5, 0.6) is 5.88 Å². The van der Waals surface area contributed by atoms with Gasteiger partial charge in [0, 0.05) is 30.1 Å². The number of rotatable bonds is 5. The Morgan fingerprint density at radius 2 is 1.91 bits per heavy atom. The molecule has 0 N–H and O–H groups in total. The lowest BCUT2D eigenvalue weighted by molar-refractivity contribution is 0.138. The van der Waals surface area contributed by atoms with Crippen LogP contribution in [0.1, 0.15) is 48.8 Å². The van der Waals surface area contributed by atoms with Crippen LogP contribution in [0.15, 0.2) is 36.5 Å². The fraction of sp³-hybridized carbons (Fsp3) is 0.435. The van der Waals surface area contributed by atoms with Gasteiger partial charge in [0.25, 0.3) is 0 Å². The van der Waals surface area contributed by atoms with Gasteiger partial charge in [-0.1, -0.05) is 11.6 Å². The minimum Gasteiger partial charge on any atom is -0.474 e. The number of halogens is 3. The minimum absolute atomic E-state index is 0.0434. The molecule has 0 bridgehead atoms. The zero-order valence-corrected chi connectivity index (χ0v) is 18.3. The van der Waals surface area contributed by atoms with Crippen molar-refractivity contribution in [3.63, 3.8) is 0 Å². The first-order valence-corrected chi connectivity index (χ1v) is 11.3. The molecule has 32 heavy (non-hydrogen) atoms. The standard InChI is InChI=1S/C23H24ClF2N5O/c24-17-3-7-20-16(11-17)13-30(10-9-25)14-21-28-29-23(31(20)21)15-1-5-19(6-2-15)32-22-8-4-18(26)12-27-22/h3-4,7-8,11-12,15,19H,1-2,5-6,9-10,13-14H2. The Morgan fingerprint density at radius 3 is 2.66 bits per heavy atom. The first-order chi connectivity index (χ1) is 15.6. The van der Waals surface area contributed by atoms with E-state index in [9.17, 15) is 8.78 Å². The molecular formula is C23H24ClF2N5O. The number of pyridine rings is 1. The summed E-state index contributed by atoms with van der Waals surface area (Å²) < 4.78 is 34.3. The quantitative estimate of drug-likeness (QED) is 0.546. The van der Waals surface area contributed by atoms with Crippen molar-refractivity contribution in [1.29, 1.82) is 0 Å². The van der Waals surface area contributed by atoms with Crippen LogP contribution in [0.2, 0.25) is 5.02 Å². The molecule has 0 atom stereocenters. The first kappa shape index (κ1) is 21.3. The molecule has 3 aromatic rings. The van der Waals surface area contributed by atoms with Gasteiger partial charge in [-0.3, -0.25) is 9.47 Å². The molecule has 0 radical (unpaired) electrons. The van der Waals surface area contributed by atoms with Crippen molar-refractivity contribution in [3.8, 4) is 11.6 Å². The average molecular weight is 460 g/mol. The fourth-order valence-electron chi connectivity index (χ4n) is 4.67. The SMILES string of the molecule is FCCN1Cc2cc(Cl)ccc2-n2c(nnc2C2CCC(Oc3ccc(F)cn3)CC2)C1. The third-order valence-corrected chi connectivity index (χ3v) is 6.46. The molecule has 168 valence electrons. The Hall–Kier alpha value is -2.58. The summed E-state index contributed by atoms with van der Waals surface area (Å²) >= 11 is 6.26. The van der Waals surface area contributed by atoms with Crippen molar-refractivity contribution >= 4 is 11.6 Å². The van der Waals surface area contributed by atoms with Crippen LogP contribution in [0, 0.1) is 5.82 Å². The molecule has 3 heterocycles. The average Bonchev–Trinajstić information content (AvgIpc) is 3.13. The monoisotopic (exact) mass is 459 g/mol. The molecule has 1 aliphatic carbocycles. The predicted molar refractivity (Wildman–Crippen MR) is 116 cm³/mol. The van der Waals surface area contributed by atoms with E-state index in [1.165, 1.54) is 12.3 Å². The fourth-order valence-corrected chi connectivity index (χ4v) is 4.87. The highest BCUT2D eigenvalue weighted by Gasteiger charge is 2.31. The summed E-state index contributed by atoms with van der Waals surface area (Å²) in [6, 6.07) is 8.74. The van der Waals surface area contributed by atoms with Gasteiger partial charge in [0.15, 0.2) is 5.82 Å². The zero-order valence-electron chi connectivity index (χ0n) is 17.6. The second-order valence-electron chi connectivity index (χ2n) is 8.39. The molecule has 1 saturated carbocycles. The Labute approximate surface area is 190 Å². The maximum Gasteiger partial charge on any atom is 0.213 e. The molecule has 0 amide bonds. The molecule has 1 aromatic carbocycles. The molecule has 2 aromatic heterocycles. The lowest BCUT2D eigenvalue weighted by atomic mass is 9.86. The molecule has 6 nitrogen and oxygen atoms in total. The number of alkyl halides is 1. The molecule has 0 saturated heterocycles. The van der Waals surface area contributed by atoms with Gasteiger partial charge in [-0.05, 0) is 55.5 Å². The molecular weight excluding hydrogens is 436 g/mol. The number of aromatic nitrogens is 4. The Balaban J connectivity index is 1.37. The van der Waals surface area contributed by atoms with Gasteiger partial charge in [-0.2, -0.15) is 0 Å². The van der Waals surface area contributed by atoms with Crippen LogP contribution < -0.4 is 4.74 Å². The van der Waals surface area contributed by atoms with E-state index in [0.29, 0.717) is 30.5 Å². The van der Waals surface area contributed by atoms with Crippen LogP contribution >= 0.6 is 11.6 Å². The van der Waals surface area contributed by atoms with E-state index < -0.39 is 6.67 Å². The van der Waals surface area contributed by atoms with Crippen LogP contribution in [-0.4, -0.2) is 44.0 Å². The highest BCUT2D eigenvalue weighted by atomic mass is 35.5. The number of benzene rings is 1. The van der Waals surface area contributed by atoms with E-state index in [1.807, 2.05) is 23.1 Å². The Morgan fingerprint density at radius 1 is 1.06 bits per heavy atom. The maximum absolute atomic E-state index is 13.1. The topological polar surface area (TPSA) is 56.1 Å². The van der Waals surface area contributed by atoms with E-state index in [2.05, 4.69) is 19.7 Å². The van der Waals surface area contributed by atoms with Crippen LogP contribution in [-0.2, 0) is 13.1 Å². The van der Waals surface area contributed by atoms with E-state index in [4.69, 9.17) is 16.3 Å². The van der Waals surface area contributed by atoms with E-state index in [1.54, 1.807) is 6.07 Å². The van der Waals surface area contributed by atoms with Crippen LogP contribution in [0.25, 0.3) is 5.69 Å². The van der Waals surface area contributed by atoms with Crippen molar-refractivity contribution < 1.29 is 13.5 Å². The van der Waals surface area contributed by atoms with Crippen molar-refractivity contribution in [2.24, 2.45) is 0 Å². The lowest BCUT2D eigenvalue weighted by Gasteiger charge is -2.28. The van der Waals surface area contributed by atoms with E-state index in [-0.39, 0.29) is 17.8 Å². The van der Waals surface area contributed by atoms with E-state index >= 15 is 0 Å². The van der Waals surface area contributed by atoms with Gasteiger partial charge in [-0.15, -0.1) is 10.2 Å². The summed E-state index contributed by atoms with van der Waals surface area (Å²) in [5, 5.41) is 9.70. The number of hydrogen-bond acceptors (Lipinski definition) is 5. The molecule has 1 fully saturated rings. The third-order valence-electron chi connectivity index (χ3n) is 6.22. The molecule has 0 spiro atoms. The van der Waals surface area contributed by atoms with E-state index in [0.717, 1.165) is 48.6 Å². The minimum atomic E-state index is -0.413. The third kappa shape index (κ3) is 4.34. The number of ether oxygens (including phenoxy) is 1. The summed E-state index contributed by atoms with van der Waals surface area (Å²) in [7, 11) is 0. The van der Waals surface area contributed by atoms with Gasteiger partial charge in [0.2, 0.25) is 5.88 Å². The van der Waals surface area contributed by atoms with Crippen LogP contribution in [0.4, 0.5) is 8.78 Å². The smallest absolute Gasteiger partial charge is 0.213 e. The summed E-state index contributed by atoms with van der Waals surface area (Å²) in [4.78, 5) is 6.03. The van der Waals surface area contributed by atoms with Crippen molar-refractivity contribution in [1.82, 2.24) is 24.6 Å². The summed E-state index contributed by atoms with van der Waals surface area (Å²) in [6.45, 7) is 1.09. The molecule has 5 rings (SSSR count). The Kier molecular flexibility index (Phi) is 6.06.